The van der Waals surface area contributed by atoms with Crippen LogP contribution in [-0.2, 0) is 11.3 Å². The van der Waals surface area contributed by atoms with Gasteiger partial charge >= 0.3 is 6.09 Å². The molecule has 128 valence electrons. The van der Waals surface area contributed by atoms with Crippen molar-refractivity contribution in [2.75, 3.05) is 25.0 Å². The maximum absolute atomic E-state index is 12.0. The smallest absolute Gasteiger partial charge is 0.415 e. The van der Waals surface area contributed by atoms with Crippen molar-refractivity contribution in [1.29, 1.82) is 0 Å². The van der Waals surface area contributed by atoms with Crippen LogP contribution < -0.4 is 15.5 Å². The third-order valence-corrected chi connectivity index (χ3v) is 5.68. The van der Waals surface area contributed by atoms with Gasteiger partial charge in [0.1, 0.15) is 11.1 Å². The molecule has 2 aromatic rings. The number of rotatable bonds is 6. The first kappa shape index (κ1) is 17.2. The molecule has 1 atom stereocenters. The van der Waals surface area contributed by atoms with Gasteiger partial charge in [-0.05, 0) is 36.2 Å². The van der Waals surface area contributed by atoms with Crippen molar-refractivity contribution in [3.05, 3.63) is 38.4 Å². The lowest BCUT2D eigenvalue weighted by Gasteiger charge is -2.10. The van der Waals surface area contributed by atoms with Crippen molar-refractivity contribution in [3.63, 3.8) is 0 Å². The van der Waals surface area contributed by atoms with E-state index in [0.717, 1.165) is 17.1 Å². The predicted molar refractivity (Wildman–Crippen MR) is 96.4 cm³/mol. The van der Waals surface area contributed by atoms with E-state index in [1.807, 2.05) is 18.5 Å². The molecule has 0 spiro atoms. The fourth-order valence-electron chi connectivity index (χ4n) is 2.34. The summed E-state index contributed by atoms with van der Waals surface area (Å²) in [6.45, 7) is 1.44. The lowest BCUT2D eigenvalue weighted by molar-refractivity contribution is 0.0920. The molecule has 1 saturated heterocycles. The van der Waals surface area contributed by atoms with Gasteiger partial charge in [-0.2, -0.15) is 0 Å². The highest BCUT2D eigenvalue weighted by Gasteiger charge is 2.33. The van der Waals surface area contributed by atoms with Gasteiger partial charge in [-0.1, -0.05) is 11.6 Å². The van der Waals surface area contributed by atoms with E-state index < -0.39 is 0 Å². The number of hydrogen-bond donors (Lipinski definition) is 2. The molecule has 1 aliphatic rings. The molecule has 1 fully saturated rings. The fraction of sp³-hybridized carbons (Fsp3) is 0.333. The first-order chi connectivity index (χ1) is 11.6. The Balaban J connectivity index is 1.55. The number of ether oxygens (including phenoxy) is 1. The van der Waals surface area contributed by atoms with Crippen molar-refractivity contribution in [2.45, 2.75) is 12.6 Å². The maximum Gasteiger partial charge on any atom is 0.415 e. The summed E-state index contributed by atoms with van der Waals surface area (Å²) in [5.74, 6) is -0.214. The number of cyclic esters (lactones) is 1. The van der Waals surface area contributed by atoms with Gasteiger partial charge in [0.05, 0.1) is 22.3 Å². The number of nitrogens with zero attached hydrogens (tertiary/aromatic N) is 1. The van der Waals surface area contributed by atoms with Gasteiger partial charge in [-0.25, -0.2) is 4.79 Å². The topological polar surface area (TPSA) is 70.7 Å². The summed E-state index contributed by atoms with van der Waals surface area (Å²) in [7, 11) is 1.88. The molecular formula is C15H16ClN3O3S2. The first-order valence-electron chi connectivity index (χ1n) is 7.30. The van der Waals surface area contributed by atoms with Crippen LogP contribution >= 0.6 is 34.3 Å². The number of nitrogens with one attached hydrogen (secondary N) is 2. The molecule has 0 bridgehead atoms. The van der Waals surface area contributed by atoms with Gasteiger partial charge in [0.15, 0.2) is 0 Å². The van der Waals surface area contributed by atoms with E-state index in [9.17, 15) is 9.59 Å². The number of halogens is 1. The number of thiophene rings is 2. The van der Waals surface area contributed by atoms with E-state index in [2.05, 4.69) is 10.6 Å². The lowest BCUT2D eigenvalue weighted by Crippen LogP contribution is -2.34. The van der Waals surface area contributed by atoms with Gasteiger partial charge in [0.2, 0.25) is 0 Å². The molecule has 0 radical (unpaired) electrons. The zero-order chi connectivity index (χ0) is 17.1. The molecule has 2 amide bonds. The van der Waals surface area contributed by atoms with Gasteiger partial charge < -0.3 is 15.4 Å². The summed E-state index contributed by atoms with van der Waals surface area (Å²) in [6, 6.07) is 5.32. The van der Waals surface area contributed by atoms with Gasteiger partial charge in [-0.3, -0.25) is 9.69 Å². The summed E-state index contributed by atoms with van der Waals surface area (Å²) in [4.78, 5) is 26.2. The van der Waals surface area contributed by atoms with E-state index >= 15 is 0 Å². The zero-order valence-electron chi connectivity index (χ0n) is 12.9. The fourth-order valence-corrected chi connectivity index (χ4v) is 4.22. The standard InChI is InChI=1S/C15H16ClN3O3S2/c1-17-5-9-4-13(23-8-9)19-7-10(22-15(19)21)6-18-14(20)11-2-3-12(16)24-11/h2-4,8,10,17H,5-7H2,1H3,(H,18,20)/t10-/m0/s1. The number of amides is 2. The van der Waals surface area contributed by atoms with Gasteiger partial charge in [0, 0.05) is 6.54 Å². The predicted octanol–water partition coefficient (Wildman–Crippen LogP) is 2.94. The number of hydrogen-bond acceptors (Lipinski definition) is 6. The van der Waals surface area contributed by atoms with Crippen LogP contribution in [0.5, 0.6) is 0 Å². The van der Waals surface area contributed by atoms with Crippen LogP contribution in [0.25, 0.3) is 0 Å². The Morgan fingerprint density at radius 3 is 3.04 bits per heavy atom. The third kappa shape index (κ3) is 3.89. The van der Waals surface area contributed by atoms with E-state index in [0.29, 0.717) is 15.8 Å². The summed E-state index contributed by atoms with van der Waals surface area (Å²) < 4.78 is 5.89. The quantitative estimate of drug-likeness (QED) is 0.802. The van der Waals surface area contributed by atoms with Crippen LogP contribution in [-0.4, -0.2) is 38.2 Å². The Kier molecular flexibility index (Phi) is 5.40. The van der Waals surface area contributed by atoms with E-state index in [1.54, 1.807) is 17.0 Å². The highest BCUT2D eigenvalue weighted by atomic mass is 35.5. The second kappa shape index (κ2) is 7.52. The monoisotopic (exact) mass is 385 g/mol. The number of carbonyl (C=O) groups excluding carboxylic acids is 2. The van der Waals surface area contributed by atoms with Crippen molar-refractivity contribution in [1.82, 2.24) is 10.6 Å². The highest BCUT2D eigenvalue weighted by Crippen LogP contribution is 2.29. The Hall–Kier alpha value is -1.61. The lowest BCUT2D eigenvalue weighted by atomic mass is 10.3. The maximum atomic E-state index is 12.0. The highest BCUT2D eigenvalue weighted by molar-refractivity contribution is 7.18. The van der Waals surface area contributed by atoms with Gasteiger partial charge in [-0.15, -0.1) is 22.7 Å². The minimum atomic E-state index is -0.383. The van der Waals surface area contributed by atoms with Crippen molar-refractivity contribution in [3.8, 4) is 0 Å². The van der Waals surface area contributed by atoms with Crippen LogP contribution in [0.4, 0.5) is 9.80 Å². The second-order valence-electron chi connectivity index (χ2n) is 5.25. The normalized spacial score (nSPS) is 17.2. The molecule has 2 N–H and O–H groups in total. The summed E-state index contributed by atoms with van der Waals surface area (Å²) in [5, 5.41) is 8.71. The molecule has 0 saturated carbocycles. The van der Waals surface area contributed by atoms with Crippen molar-refractivity contribution < 1.29 is 14.3 Å². The van der Waals surface area contributed by atoms with Crippen molar-refractivity contribution >= 4 is 51.3 Å². The minimum absolute atomic E-state index is 0.214. The Morgan fingerprint density at radius 1 is 1.50 bits per heavy atom. The molecule has 6 nitrogen and oxygen atoms in total. The number of carbonyl (C=O) groups is 2. The zero-order valence-corrected chi connectivity index (χ0v) is 15.3. The summed E-state index contributed by atoms with van der Waals surface area (Å²) >= 11 is 8.54. The Bertz CT molecular complexity index is 746. The molecule has 0 aliphatic carbocycles. The van der Waals surface area contributed by atoms with Crippen LogP contribution in [0.1, 0.15) is 15.2 Å². The Labute approximate surface area is 152 Å². The summed E-state index contributed by atoms with van der Waals surface area (Å²) in [6.07, 6.45) is -0.752. The second-order valence-corrected chi connectivity index (χ2v) is 7.86. The third-order valence-electron chi connectivity index (χ3n) is 3.45. The SMILES string of the molecule is CNCc1csc(N2C[C@H](CNC(=O)c3ccc(Cl)s3)OC2=O)c1. The Morgan fingerprint density at radius 2 is 2.33 bits per heavy atom. The first-order valence-corrected chi connectivity index (χ1v) is 9.38. The molecule has 3 rings (SSSR count). The van der Waals surface area contributed by atoms with Crippen LogP contribution in [0, 0.1) is 0 Å². The average Bonchev–Trinajstić information content (AvgIpc) is 3.26. The van der Waals surface area contributed by atoms with Crippen LogP contribution in [0.3, 0.4) is 0 Å². The number of anilines is 1. The molecule has 9 heteroatoms. The van der Waals surface area contributed by atoms with Gasteiger partial charge in [0.25, 0.3) is 5.91 Å². The molecule has 3 heterocycles. The molecule has 0 aromatic carbocycles. The van der Waals surface area contributed by atoms with E-state index in [4.69, 9.17) is 16.3 Å². The minimum Gasteiger partial charge on any atom is -0.442 e. The average molecular weight is 386 g/mol. The van der Waals surface area contributed by atoms with Crippen LogP contribution in [0.15, 0.2) is 23.6 Å². The van der Waals surface area contributed by atoms with E-state index in [-0.39, 0.29) is 24.6 Å². The molecular weight excluding hydrogens is 370 g/mol. The van der Waals surface area contributed by atoms with E-state index in [1.165, 1.54) is 22.7 Å². The molecule has 1 aliphatic heterocycles. The van der Waals surface area contributed by atoms with Crippen molar-refractivity contribution in [2.24, 2.45) is 0 Å². The molecule has 2 aromatic heterocycles. The van der Waals surface area contributed by atoms with Crippen LogP contribution in [0.2, 0.25) is 4.34 Å². The largest absolute Gasteiger partial charge is 0.442 e. The molecule has 0 unspecified atom stereocenters. The molecule has 24 heavy (non-hydrogen) atoms. The summed E-state index contributed by atoms with van der Waals surface area (Å²) in [5.41, 5.74) is 1.12.